The molecule has 0 atom stereocenters. The molecule has 5 aromatic carbocycles. The Balaban J connectivity index is 1.11. The first-order chi connectivity index (χ1) is 31.9. The first-order valence-electron chi connectivity index (χ1n) is 23.4. The maximum Gasteiger partial charge on any atom is 0.494 e. The van der Waals surface area contributed by atoms with Gasteiger partial charge >= 0.3 is 7.12 Å². The van der Waals surface area contributed by atoms with Crippen LogP contribution in [0.2, 0.25) is 0 Å². The number of nitrogens with zero attached hydrogens (tertiary/aromatic N) is 3. The number of hydrogen-bond acceptors (Lipinski definition) is 6. The molecule has 0 spiro atoms. The van der Waals surface area contributed by atoms with Crippen molar-refractivity contribution < 1.29 is 13.7 Å². The zero-order chi connectivity index (χ0) is 47.2. The number of para-hydroxylation sites is 1. The highest BCUT2D eigenvalue weighted by Crippen LogP contribution is 2.45. The van der Waals surface area contributed by atoms with Crippen LogP contribution in [-0.2, 0) is 14.7 Å². The van der Waals surface area contributed by atoms with Crippen LogP contribution in [0.25, 0.3) is 89.1 Å². The second-order valence-corrected chi connectivity index (χ2v) is 20.5. The number of fused-ring (bicyclic) bond motifs is 3. The summed E-state index contributed by atoms with van der Waals surface area (Å²) >= 11 is 0. The Hall–Kier alpha value is -6.67. The summed E-state index contributed by atoms with van der Waals surface area (Å²) in [5.74, 6) is 0. The molecule has 334 valence electrons. The van der Waals surface area contributed by atoms with Crippen LogP contribution in [0, 0.1) is 34.6 Å². The smallest absolute Gasteiger partial charge is 0.437 e. The first kappa shape index (κ1) is 44.2. The molecule has 0 bridgehead atoms. The Morgan fingerprint density at radius 2 is 1.12 bits per heavy atom. The summed E-state index contributed by atoms with van der Waals surface area (Å²) in [7, 11) is -0.566. The van der Waals surface area contributed by atoms with Gasteiger partial charge in [0.25, 0.3) is 0 Å². The summed E-state index contributed by atoms with van der Waals surface area (Å²) in [4.78, 5) is 14.5. The zero-order valence-electron chi connectivity index (χ0n) is 40.8. The lowest BCUT2D eigenvalue weighted by atomic mass is 9.74. The fraction of sp³-hybridized carbons (Fsp3) is 0.250. The van der Waals surface area contributed by atoms with Crippen molar-refractivity contribution in [2.75, 3.05) is 0 Å². The van der Waals surface area contributed by atoms with Crippen LogP contribution in [0.1, 0.15) is 82.0 Å². The fourth-order valence-electron chi connectivity index (χ4n) is 9.64. The van der Waals surface area contributed by atoms with Crippen molar-refractivity contribution in [3.8, 4) is 67.0 Å². The molecule has 0 radical (unpaired) electrons. The summed E-state index contributed by atoms with van der Waals surface area (Å²) in [6.07, 6.45) is 3.90. The van der Waals surface area contributed by atoms with Crippen molar-refractivity contribution >= 4 is 34.7 Å². The first-order valence-corrected chi connectivity index (χ1v) is 23.4. The highest BCUT2D eigenvalue weighted by Gasteiger charge is 2.52. The Morgan fingerprint density at radius 3 is 1.78 bits per heavy atom. The Bertz CT molecular complexity index is 3380. The molecule has 5 heterocycles. The number of hydrogen-bond donors (Lipinski definition) is 0. The van der Waals surface area contributed by atoms with Gasteiger partial charge in [0.15, 0.2) is 0 Å². The van der Waals surface area contributed by atoms with Gasteiger partial charge in [-0.05, 0) is 182 Å². The average molecular weight is 880 g/mol. The summed E-state index contributed by atoms with van der Waals surface area (Å²) < 4.78 is 20.0. The van der Waals surface area contributed by atoms with Crippen molar-refractivity contribution in [1.82, 2.24) is 15.0 Å². The van der Waals surface area contributed by atoms with Gasteiger partial charge < -0.3 is 13.7 Å². The van der Waals surface area contributed by atoms with Crippen molar-refractivity contribution in [2.45, 2.75) is 99.7 Å². The maximum atomic E-state index is 6.80. The van der Waals surface area contributed by atoms with Gasteiger partial charge in [0.1, 0.15) is 5.58 Å². The predicted molar refractivity (Wildman–Crippen MR) is 278 cm³/mol. The maximum absolute atomic E-state index is 6.80. The number of pyridine rings is 3. The van der Waals surface area contributed by atoms with Gasteiger partial charge in [0, 0.05) is 45.6 Å². The quantitative estimate of drug-likeness (QED) is 0.149. The van der Waals surface area contributed by atoms with E-state index in [0.717, 1.165) is 83.4 Å². The molecule has 7 heteroatoms. The van der Waals surface area contributed by atoms with Gasteiger partial charge in [-0.15, -0.1) is 0 Å². The van der Waals surface area contributed by atoms with E-state index in [0.29, 0.717) is 5.71 Å². The third-order valence-corrected chi connectivity index (χ3v) is 14.6. The van der Waals surface area contributed by atoms with E-state index in [9.17, 15) is 0 Å². The molecule has 1 aliphatic heterocycles. The molecule has 1 saturated heterocycles. The van der Waals surface area contributed by atoms with E-state index in [-0.39, 0.29) is 5.41 Å². The van der Waals surface area contributed by atoms with Gasteiger partial charge in [-0.1, -0.05) is 99.6 Å². The van der Waals surface area contributed by atoms with E-state index < -0.39 is 18.3 Å². The van der Waals surface area contributed by atoms with Crippen molar-refractivity contribution in [3.05, 3.63) is 167 Å². The second-order valence-electron chi connectivity index (χ2n) is 20.5. The minimum Gasteiger partial charge on any atom is -0.437 e. The third-order valence-electron chi connectivity index (χ3n) is 14.6. The van der Waals surface area contributed by atoms with Crippen LogP contribution < -0.4 is 5.46 Å². The van der Waals surface area contributed by atoms with Gasteiger partial charge in [-0.25, -0.2) is 4.98 Å². The molecule has 4 aromatic heterocycles. The fourth-order valence-corrected chi connectivity index (χ4v) is 9.64. The van der Waals surface area contributed by atoms with Crippen LogP contribution in [0.3, 0.4) is 0 Å². The summed E-state index contributed by atoms with van der Waals surface area (Å²) in [6, 6.07) is 43.4. The lowest BCUT2D eigenvalue weighted by Crippen LogP contribution is -2.41. The highest BCUT2D eigenvalue weighted by atomic mass is 16.7. The van der Waals surface area contributed by atoms with Gasteiger partial charge in [0.05, 0.1) is 22.6 Å². The van der Waals surface area contributed by atoms with Crippen LogP contribution in [0.4, 0.5) is 0 Å². The normalized spacial score (nSPS) is 14.7. The van der Waals surface area contributed by atoms with Crippen LogP contribution in [-0.4, -0.2) is 33.3 Å². The number of furan rings is 1. The monoisotopic (exact) mass is 879 g/mol. The zero-order valence-corrected chi connectivity index (χ0v) is 40.8. The Morgan fingerprint density at radius 1 is 0.507 bits per heavy atom. The highest BCUT2D eigenvalue weighted by molar-refractivity contribution is 6.62. The number of rotatable bonds is 7. The Labute approximate surface area is 395 Å². The minimum absolute atomic E-state index is 0.0281. The van der Waals surface area contributed by atoms with Gasteiger partial charge in [0.2, 0.25) is 5.71 Å². The number of benzene rings is 5. The molecule has 67 heavy (non-hydrogen) atoms. The minimum atomic E-state index is -0.566. The molecule has 1 aliphatic rings. The van der Waals surface area contributed by atoms with Crippen molar-refractivity contribution in [2.24, 2.45) is 0 Å². The molecule has 0 N–H and O–H groups in total. The molecule has 0 aliphatic carbocycles. The molecule has 10 rings (SSSR count). The van der Waals surface area contributed by atoms with Crippen LogP contribution >= 0.6 is 0 Å². The lowest BCUT2D eigenvalue weighted by molar-refractivity contribution is 0.00578. The molecular formula is C60H58BN3O3. The topological polar surface area (TPSA) is 70.3 Å². The number of aromatic nitrogens is 3. The van der Waals surface area contributed by atoms with Gasteiger partial charge in [-0.2, -0.15) is 0 Å². The van der Waals surface area contributed by atoms with Crippen molar-refractivity contribution in [3.63, 3.8) is 0 Å². The lowest BCUT2D eigenvalue weighted by Gasteiger charge is -2.32. The summed E-state index contributed by atoms with van der Waals surface area (Å²) in [6.45, 7) is 26.2. The van der Waals surface area contributed by atoms with Crippen molar-refractivity contribution in [1.29, 1.82) is 0 Å². The van der Waals surface area contributed by atoms with Crippen LogP contribution in [0.5, 0.6) is 0 Å². The van der Waals surface area contributed by atoms with E-state index in [1.807, 2.05) is 25.4 Å². The van der Waals surface area contributed by atoms with E-state index in [2.05, 4.69) is 196 Å². The molecule has 9 aromatic rings. The molecule has 6 nitrogen and oxygen atoms in total. The Kier molecular flexibility index (Phi) is 10.7. The van der Waals surface area contributed by atoms with E-state index in [4.69, 9.17) is 23.7 Å². The van der Waals surface area contributed by atoms with E-state index in [1.165, 1.54) is 38.9 Å². The average Bonchev–Trinajstić information content (AvgIpc) is 3.80. The largest absolute Gasteiger partial charge is 0.494 e. The third kappa shape index (κ3) is 7.78. The standard InChI is InChI=1S/C60H58BN3O3/c1-35-20-26-50-49-18-15-19-51(56(49)65-57(50)64-35)52-27-25-42(34-63-52)47-16-13-14-17-48(47)43-30-44(32-46(31-43)61-66-59(9,10)60(11,12)67-61)55-39(5)37(3)36(2)38(4)54(55)41-23-21-40(22-24-41)53-33-45(28-29-62-53)58(6,7)8/h13-34H,1-12H3. The SMILES string of the molecule is Cc1ccc2c(n1)oc1c(-c3ccc(-c4ccccc4-c4cc(B5OC(C)(C)C(C)(C)O5)cc(-c5c(C)c(C)c(C)c(C)c5-c5ccc(-c6cc(C(C)(C)C)ccn6)cc5)c4)cn3)cccc12. The summed E-state index contributed by atoms with van der Waals surface area (Å²) in [5.41, 5.74) is 21.5. The molecule has 1 fully saturated rings. The van der Waals surface area contributed by atoms with Gasteiger partial charge in [-0.3, -0.25) is 9.97 Å². The number of aryl methyl sites for hydroxylation is 1. The molecule has 0 unspecified atom stereocenters. The van der Waals surface area contributed by atoms with E-state index >= 15 is 0 Å². The van der Waals surface area contributed by atoms with E-state index in [1.54, 1.807) is 0 Å². The molecule has 0 saturated carbocycles. The second kappa shape index (κ2) is 16.3. The predicted octanol–water partition coefficient (Wildman–Crippen LogP) is 14.9. The summed E-state index contributed by atoms with van der Waals surface area (Å²) in [5, 5.41) is 2.03. The van der Waals surface area contributed by atoms with Crippen LogP contribution in [0.15, 0.2) is 138 Å². The molecule has 0 amide bonds. The molecular weight excluding hydrogens is 821 g/mol.